The Morgan fingerprint density at radius 3 is 2.48 bits per heavy atom. The maximum atomic E-state index is 11.9. The number of nitro groups is 1. The number of aryl methyl sites for hydroxylation is 1. The zero-order chi connectivity index (χ0) is 16.4. The molecule has 116 valence electrons. The third kappa shape index (κ3) is 3.26. The molecule has 1 heterocycles. The molecule has 2 N–H and O–H groups in total. The Bertz CT molecular complexity index is 886. The largest absolute Gasteiger partial charge is 0.441 e. The molecule has 0 spiro atoms. The van der Waals surface area contributed by atoms with E-state index in [2.05, 4.69) is 15.6 Å². The SMILES string of the molecule is Cc1nc2cc(NC(=O)Nc3ccc([N+](=O)[O-])cc3)ccc2o1. The minimum Gasteiger partial charge on any atom is -0.441 e. The van der Waals surface area contributed by atoms with Crippen molar-refractivity contribution in [1.29, 1.82) is 0 Å². The van der Waals surface area contributed by atoms with Crippen molar-refractivity contribution < 1.29 is 14.1 Å². The highest BCUT2D eigenvalue weighted by molar-refractivity contribution is 6.00. The van der Waals surface area contributed by atoms with Crippen LogP contribution in [0.2, 0.25) is 0 Å². The van der Waals surface area contributed by atoms with Gasteiger partial charge >= 0.3 is 6.03 Å². The number of carbonyl (C=O) groups excluding carboxylic acids is 1. The summed E-state index contributed by atoms with van der Waals surface area (Å²) < 4.78 is 5.36. The van der Waals surface area contributed by atoms with Gasteiger partial charge in [0.15, 0.2) is 11.5 Å². The van der Waals surface area contributed by atoms with Crippen LogP contribution in [-0.4, -0.2) is 15.9 Å². The Kier molecular flexibility index (Phi) is 3.63. The van der Waals surface area contributed by atoms with Gasteiger partial charge in [0, 0.05) is 30.4 Å². The molecule has 0 aliphatic heterocycles. The summed E-state index contributed by atoms with van der Waals surface area (Å²) in [6.45, 7) is 1.74. The molecule has 0 radical (unpaired) electrons. The van der Waals surface area contributed by atoms with Crippen LogP contribution in [-0.2, 0) is 0 Å². The predicted octanol–water partition coefficient (Wildman–Crippen LogP) is 3.69. The molecule has 8 heteroatoms. The predicted molar refractivity (Wildman–Crippen MR) is 84.5 cm³/mol. The van der Waals surface area contributed by atoms with Gasteiger partial charge in [-0.25, -0.2) is 9.78 Å². The fourth-order valence-electron chi connectivity index (χ4n) is 2.08. The fourth-order valence-corrected chi connectivity index (χ4v) is 2.08. The molecule has 0 atom stereocenters. The van der Waals surface area contributed by atoms with Crippen molar-refractivity contribution in [2.75, 3.05) is 10.6 Å². The van der Waals surface area contributed by atoms with Crippen molar-refractivity contribution in [1.82, 2.24) is 4.98 Å². The molecule has 0 unspecified atom stereocenters. The average Bonchev–Trinajstić information content (AvgIpc) is 2.87. The Morgan fingerprint density at radius 2 is 1.78 bits per heavy atom. The fraction of sp³-hybridized carbons (Fsp3) is 0.0667. The van der Waals surface area contributed by atoms with Gasteiger partial charge in [0.25, 0.3) is 5.69 Å². The van der Waals surface area contributed by atoms with Crippen molar-refractivity contribution in [3.8, 4) is 0 Å². The summed E-state index contributed by atoms with van der Waals surface area (Å²) in [5.74, 6) is 0.549. The molecule has 2 aromatic carbocycles. The molecule has 1 aromatic heterocycles. The van der Waals surface area contributed by atoms with Gasteiger partial charge < -0.3 is 15.1 Å². The number of non-ortho nitro benzene ring substituents is 1. The van der Waals surface area contributed by atoms with E-state index in [9.17, 15) is 14.9 Å². The Labute approximate surface area is 130 Å². The third-order valence-electron chi connectivity index (χ3n) is 3.09. The summed E-state index contributed by atoms with van der Waals surface area (Å²) in [7, 11) is 0. The van der Waals surface area contributed by atoms with Gasteiger partial charge in [0.1, 0.15) is 5.52 Å². The van der Waals surface area contributed by atoms with Gasteiger partial charge in [0.2, 0.25) is 0 Å². The standard InChI is InChI=1S/C15H12N4O4/c1-9-16-13-8-11(4-7-14(13)23-9)18-15(20)17-10-2-5-12(6-3-10)19(21)22/h2-8H,1H3,(H2,17,18,20). The summed E-state index contributed by atoms with van der Waals surface area (Å²) in [5.41, 5.74) is 2.26. The molecule has 0 saturated heterocycles. The maximum Gasteiger partial charge on any atom is 0.323 e. The molecule has 3 rings (SSSR count). The highest BCUT2D eigenvalue weighted by Crippen LogP contribution is 2.20. The topological polar surface area (TPSA) is 110 Å². The first-order valence-electron chi connectivity index (χ1n) is 6.71. The number of aromatic nitrogens is 1. The number of nitro benzene ring substituents is 1. The Balaban J connectivity index is 1.69. The molecule has 0 bridgehead atoms. The van der Waals surface area contributed by atoms with Crippen LogP contribution in [0.1, 0.15) is 5.89 Å². The van der Waals surface area contributed by atoms with Crippen LogP contribution in [0.4, 0.5) is 21.9 Å². The first-order valence-corrected chi connectivity index (χ1v) is 6.71. The van der Waals surface area contributed by atoms with Gasteiger partial charge in [-0.1, -0.05) is 0 Å². The third-order valence-corrected chi connectivity index (χ3v) is 3.09. The number of urea groups is 1. The number of benzene rings is 2. The quantitative estimate of drug-likeness (QED) is 0.566. The average molecular weight is 312 g/mol. The van der Waals surface area contributed by atoms with E-state index < -0.39 is 11.0 Å². The molecule has 0 fully saturated rings. The molecular formula is C15H12N4O4. The van der Waals surface area contributed by atoms with Crippen molar-refractivity contribution >= 4 is 34.2 Å². The van der Waals surface area contributed by atoms with Gasteiger partial charge in [-0.3, -0.25) is 10.1 Å². The summed E-state index contributed by atoms with van der Waals surface area (Å²) in [6, 6.07) is 10.2. The number of nitrogens with one attached hydrogen (secondary N) is 2. The first kappa shape index (κ1) is 14.5. The second-order valence-electron chi connectivity index (χ2n) is 4.80. The molecule has 0 saturated carbocycles. The van der Waals surface area contributed by atoms with Crippen molar-refractivity contribution in [3.63, 3.8) is 0 Å². The summed E-state index contributed by atoms with van der Waals surface area (Å²) >= 11 is 0. The summed E-state index contributed by atoms with van der Waals surface area (Å²) in [6.07, 6.45) is 0. The number of carbonyl (C=O) groups is 1. The van der Waals surface area contributed by atoms with Crippen LogP contribution in [0.15, 0.2) is 46.9 Å². The molecule has 23 heavy (non-hydrogen) atoms. The number of amides is 2. The lowest BCUT2D eigenvalue weighted by molar-refractivity contribution is -0.384. The second kappa shape index (κ2) is 5.76. The van der Waals surface area contributed by atoms with Gasteiger partial charge in [-0.05, 0) is 30.3 Å². The van der Waals surface area contributed by atoms with E-state index in [-0.39, 0.29) is 5.69 Å². The van der Waals surface area contributed by atoms with E-state index in [0.717, 1.165) is 0 Å². The molecule has 2 amide bonds. The Hall–Kier alpha value is -3.42. The molecular weight excluding hydrogens is 300 g/mol. The van der Waals surface area contributed by atoms with Crippen LogP contribution in [0.3, 0.4) is 0 Å². The number of oxazole rings is 1. The van der Waals surface area contributed by atoms with Crippen LogP contribution in [0.5, 0.6) is 0 Å². The van der Waals surface area contributed by atoms with Crippen LogP contribution in [0, 0.1) is 17.0 Å². The first-order chi connectivity index (χ1) is 11.0. The van der Waals surface area contributed by atoms with Crippen molar-refractivity contribution in [2.45, 2.75) is 6.92 Å². The van der Waals surface area contributed by atoms with Crippen LogP contribution < -0.4 is 10.6 Å². The van der Waals surface area contributed by atoms with Crippen LogP contribution in [0.25, 0.3) is 11.1 Å². The highest BCUT2D eigenvalue weighted by atomic mass is 16.6. The van der Waals surface area contributed by atoms with E-state index in [1.807, 2.05) is 0 Å². The lowest BCUT2D eigenvalue weighted by atomic mass is 10.3. The van der Waals surface area contributed by atoms with Crippen LogP contribution >= 0.6 is 0 Å². The number of anilines is 2. The summed E-state index contributed by atoms with van der Waals surface area (Å²) in [4.78, 5) is 26.2. The molecule has 3 aromatic rings. The second-order valence-corrected chi connectivity index (χ2v) is 4.80. The van der Waals surface area contributed by atoms with E-state index >= 15 is 0 Å². The zero-order valence-electron chi connectivity index (χ0n) is 12.1. The number of hydrogen-bond donors (Lipinski definition) is 2. The van der Waals surface area contributed by atoms with E-state index in [1.54, 1.807) is 25.1 Å². The van der Waals surface area contributed by atoms with Crippen molar-refractivity contribution in [2.24, 2.45) is 0 Å². The zero-order valence-corrected chi connectivity index (χ0v) is 12.1. The molecule has 0 aliphatic rings. The normalized spacial score (nSPS) is 10.5. The Morgan fingerprint density at radius 1 is 1.13 bits per heavy atom. The molecule has 8 nitrogen and oxygen atoms in total. The molecule has 0 aliphatic carbocycles. The highest BCUT2D eigenvalue weighted by Gasteiger charge is 2.08. The number of rotatable bonds is 3. The van der Waals surface area contributed by atoms with Gasteiger partial charge in [-0.15, -0.1) is 0 Å². The summed E-state index contributed by atoms with van der Waals surface area (Å²) in [5, 5.41) is 15.8. The van der Waals surface area contributed by atoms with E-state index in [0.29, 0.717) is 28.4 Å². The number of fused-ring (bicyclic) bond motifs is 1. The lowest BCUT2D eigenvalue weighted by Gasteiger charge is -2.07. The minimum absolute atomic E-state index is 0.0391. The monoisotopic (exact) mass is 312 g/mol. The minimum atomic E-state index is -0.501. The van der Waals surface area contributed by atoms with Gasteiger partial charge in [-0.2, -0.15) is 0 Å². The number of hydrogen-bond acceptors (Lipinski definition) is 5. The van der Waals surface area contributed by atoms with Gasteiger partial charge in [0.05, 0.1) is 4.92 Å². The van der Waals surface area contributed by atoms with E-state index in [1.165, 1.54) is 24.3 Å². The van der Waals surface area contributed by atoms with E-state index in [4.69, 9.17) is 4.42 Å². The lowest BCUT2D eigenvalue weighted by Crippen LogP contribution is -2.19. The number of nitrogens with zero attached hydrogens (tertiary/aromatic N) is 2. The maximum absolute atomic E-state index is 11.9. The van der Waals surface area contributed by atoms with Crippen molar-refractivity contribution in [3.05, 3.63) is 58.5 Å². The smallest absolute Gasteiger partial charge is 0.323 e.